The molecule has 15 heavy (non-hydrogen) atoms. The number of hydrogen-bond acceptors (Lipinski definition) is 3. The first kappa shape index (κ1) is 15.3. The summed E-state index contributed by atoms with van der Waals surface area (Å²) < 4.78 is 5.27. The second-order valence-electron chi connectivity index (χ2n) is 4.12. The van der Waals surface area contributed by atoms with Gasteiger partial charge in [-0.05, 0) is 38.0 Å². The van der Waals surface area contributed by atoms with Gasteiger partial charge in [-0.15, -0.1) is 0 Å². The van der Waals surface area contributed by atoms with Crippen LogP contribution in [0.5, 0.6) is 0 Å². The molecule has 0 aromatic carbocycles. The summed E-state index contributed by atoms with van der Waals surface area (Å²) in [5, 5.41) is 3.46. The maximum atomic E-state index is 5.27. The van der Waals surface area contributed by atoms with E-state index >= 15 is 0 Å². The van der Waals surface area contributed by atoms with Crippen LogP contribution in [0.3, 0.4) is 0 Å². The minimum Gasteiger partial charge on any atom is -0.382 e. The minimum absolute atomic E-state index is 0.821. The van der Waals surface area contributed by atoms with Gasteiger partial charge in [0.15, 0.2) is 0 Å². The van der Waals surface area contributed by atoms with Gasteiger partial charge in [-0.2, -0.15) is 11.8 Å². The molecule has 0 heterocycles. The molecule has 0 saturated heterocycles. The molecule has 3 heteroatoms. The molecule has 0 spiro atoms. The van der Waals surface area contributed by atoms with Crippen molar-refractivity contribution in [2.24, 2.45) is 5.92 Å². The third-order valence-electron chi connectivity index (χ3n) is 1.97. The average molecular weight is 233 g/mol. The van der Waals surface area contributed by atoms with Crippen molar-refractivity contribution >= 4 is 11.8 Å². The van der Waals surface area contributed by atoms with Gasteiger partial charge in [0.05, 0.1) is 0 Å². The summed E-state index contributed by atoms with van der Waals surface area (Å²) in [6, 6.07) is 0. The summed E-state index contributed by atoms with van der Waals surface area (Å²) in [5.41, 5.74) is 0. The SMILES string of the molecule is CCOCCCCNCCSCC(C)C. The Bertz CT molecular complexity index is 120. The van der Waals surface area contributed by atoms with Crippen molar-refractivity contribution in [1.29, 1.82) is 0 Å². The highest BCUT2D eigenvalue weighted by Crippen LogP contribution is 2.05. The highest BCUT2D eigenvalue weighted by atomic mass is 32.2. The van der Waals surface area contributed by atoms with Crippen LogP contribution in [0, 0.1) is 5.92 Å². The zero-order valence-electron chi connectivity index (χ0n) is 10.6. The lowest BCUT2D eigenvalue weighted by Crippen LogP contribution is -2.19. The Labute approximate surface area is 99.5 Å². The Balaban J connectivity index is 2.87. The molecule has 0 aromatic heterocycles. The van der Waals surface area contributed by atoms with Crippen LogP contribution in [0.2, 0.25) is 0 Å². The van der Waals surface area contributed by atoms with E-state index in [0.717, 1.165) is 32.2 Å². The molecule has 0 aromatic rings. The smallest absolute Gasteiger partial charge is 0.0466 e. The van der Waals surface area contributed by atoms with E-state index in [1.54, 1.807) is 0 Å². The van der Waals surface area contributed by atoms with Crippen molar-refractivity contribution in [1.82, 2.24) is 5.32 Å². The van der Waals surface area contributed by atoms with E-state index in [1.807, 2.05) is 18.7 Å². The van der Waals surface area contributed by atoms with E-state index in [0.29, 0.717) is 0 Å². The average Bonchev–Trinajstić information content (AvgIpc) is 2.20. The lowest BCUT2D eigenvalue weighted by molar-refractivity contribution is 0.143. The molecule has 2 nitrogen and oxygen atoms in total. The van der Waals surface area contributed by atoms with Crippen molar-refractivity contribution in [2.75, 3.05) is 37.8 Å². The molecule has 0 rings (SSSR count). The Morgan fingerprint density at radius 3 is 2.67 bits per heavy atom. The molecule has 0 atom stereocenters. The molecular formula is C12H27NOS. The van der Waals surface area contributed by atoms with Crippen molar-refractivity contribution in [3.63, 3.8) is 0 Å². The first-order valence-corrected chi connectivity index (χ1v) is 7.29. The van der Waals surface area contributed by atoms with Gasteiger partial charge in [0.25, 0.3) is 0 Å². The van der Waals surface area contributed by atoms with Crippen LogP contribution < -0.4 is 5.32 Å². The lowest BCUT2D eigenvalue weighted by Gasteiger charge is -2.06. The standard InChI is InChI=1S/C12H27NOS/c1-4-14-9-6-5-7-13-8-10-15-11-12(2)3/h12-13H,4-11H2,1-3H3. The van der Waals surface area contributed by atoms with Gasteiger partial charge in [0.1, 0.15) is 0 Å². The molecule has 0 amide bonds. The third-order valence-corrected chi connectivity index (χ3v) is 3.37. The molecular weight excluding hydrogens is 206 g/mol. The zero-order valence-corrected chi connectivity index (χ0v) is 11.4. The quantitative estimate of drug-likeness (QED) is 0.555. The van der Waals surface area contributed by atoms with Gasteiger partial charge >= 0.3 is 0 Å². The van der Waals surface area contributed by atoms with E-state index in [-0.39, 0.29) is 0 Å². The van der Waals surface area contributed by atoms with Crippen LogP contribution in [0.25, 0.3) is 0 Å². The van der Waals surface area contributed by atoms with Crippen LogP contribution in [0.15, 0.2) is 0 Å². The van der Waals surface area contributed by atoms with Crippen molar-refractivity contribution in [2.45, 2.75) is 33.6 Å². The number of unbranched alkanes of at least 4 members (excludes halogenated alkanes) is 1. The normalized spacial score (nSPS) is 11.2. The van der Waals surface area contributed by atoms with Crippen LogP contribution in [-0.4, -0.2) is 37.8 Å². The van der Waals surface area contributed by atoms with Crippen molar-refractivity contribution in [3.8, 4) is 0 Å². The number of ether oxygens (including phenoxy) is 1. The van der Waals surface area contributed by atoms with E-state index in [9.17, 15) is 0 Å². The Morgan fingerprint density at radius 2 is 2.00 bits per heavy atom. The number of thioether (sulfide) groups is 1. The second-order valence-corrected chi connectivity index (χ2v) is 5.27. The highest BCUT2D eigenvalue weighted by Gasteiger charge is 1.94. The predicted octanol–water partition coefficient (Wildman–Crippen LogP) is 2.78. The molecule has 0 fully saturated rings. The second kappa shape index (κ2) is 12.3. The molecule has 0 bridgehead atoms. The first-order valence-electron chi connectivity index (χ1n) is 6.13. The molecule has 0 aliphatic carbocycles. The summed E-state index contributed by atoms with van der Waals surface area (Å²) in [7, 11) is 0. The van der Waals surface area contributed by atoms with Crippen molar-refractivity contribution in [3.05, 3.63) is 0 Å². The Hall–Kier alpha value is 0.270. The topological polar surface area (TPSA) is 21.3 Å². The lowest BCUT2D eigenvalue weighted by atomic mass is 10.3. The Morgan fingerprint density at radius 1 is 1.20 bits per heavy atom. The van der Waals surface area contributed by atoms with Crippen LogP contribution >= 0.6 is 11.8 Å². The summed E-state index contributed by atoms with van der Waals surface area (Å²) in [5.74, 6) is 3.34. The summed E-state index contributed by atoms with van der Waals surface area (Å²) in [6.07, 6.45) is 2.41. The van der Waals surface area contributed by atoms with E-state index in [4.69, 9.17) is 4.74 Å². The maximum absolute atomic E-state index is 5.27. The van der Waals surface area contributed by atoms with Crippen LogP contribution in [0.4, 0.5) is 0 Å². The molecule has 0 saturated carbocycles. The van der Waals surface area contributed by atoms with Crippen molar-refractivity contribution < 1.29 is 4.74 Å². The fourth-order valence-corrected chi connectivity index (χ4v) is 2.11. The highest BCUT2D eigenvalue weighted by molar-refractivity contribution is 7.99. The molecule has 92 valence electrons. The zero-order chi connectivity index (χ0) is 11.4. The minimum atomic E-state index is 0.821. The van der Waals surface area contributed by atoms with Gasteiger partial charge in [-0.1, -0.05) is 13.8 Å². The monoisotopic (exact) mass is 233 g/mol. The number of rotatable bonds is 11. The number of hydrogen-bond donors (Lipinski definition) is 1. The molecule has 0 unspecified atom stereocenters. The van der Waals surface area contributed by atoms with E-state index < -0.39 is 0 Å². The van der Waals surface area contributed by atoms with Gasteiger partial charge < -0.3 is 10.1 Å². The number of nitrogens with one attached hydrogen (secondary N) is 1. The maximum Gasteiger partial charge on any atom is 0.0466 e. The van der Waals surface area contributed by atoms with Crippen LogP contribution in [-0.2, 0) is 4.74 Å². The summed E-state index contributed by atoms with van der Waals surface area (Å²) >= 11 is 2.05. The first-order chi connectivity index (χ1) is 7.27. The van der Waals surface area contributed by atoms with Crippen LogP contribution in [0.1, 0.15) is 33.6 Å². The van der Waals surface area contributed by atoms with Gasteiger partial charge in [0, 0.05) is 25.5 Å². The molecule has 0 aliphatic heterocycles. The van der Waals surface area contributed by atoms with Gasteiger partial charge in [-0.3, -0.25) is 0 Å². The molecule has 0 aliphatic rings. The third kappa shape index (κ3) is 14.3. The largest absolute Gasteiger partial charge is 0.382 e. The molecule has 0 radical (unpaired) electrons. The predicted molar refractivity (Wildman–Crippen MR) is 70.8 cm³/mol. The fraction of sp³-hybridized carbons (Fsp3) is 1.00. The van der Waals surface area contributed by atoms with Gasteiger partial charge in [-0.25, -0.2) is 0 Å². The van der Waals surface area contributed by atoms with E-state index in [2.05, 4.69) is 19.2 Å². The van der Waals surface area contributed by atoms with Gasteiger partial charge in [0.2, 0.25) is 0 Å². The summed E-state index contributed by atoms with van der Waals surface area (Å²) in [4.78, 5) is 0. The fourth-order valence-electron chi connectivity index (χ4n) is 1.19. The summed E-state index contributed by atoms with van der Waals surface area (Å²) in [6.45, 7) is 10.6. The van der Waals surface area contributed by atoms with E-state index in [1.165, 1.54) is 24.3 Å². The molecule has 1 N–H and O–H groups in total. The Kier molecular flexibility index (Phi) is 12.6.